The molecule has 0 radical (unpaired) electrons. The molecule has 120 valence electrons. The number of ketones is 2. The minimum Gasteiger partial charge on any atom is -0.294 e. The smallest absolute Gasteiger partial charge is 0.294 e. The summed E-state index contributed by atoms with van der Waals surface area (Å²) >= 11 is 0. The van der Waals surface area contributed by atoms with Gasteiger partial charge in [-0.15, -0.1) is 0 Å². The molecule has 0 atom stereocenters. The van der Waals surface area contributed by atoms with E-state index in [2.05, 4.69) is 0 Å². The third-order valence-electron chi connectivity index (χ3n) is 3.28. The van der Waals surface area contributed by atoms with Crippen LogP contribution in [0.4, 0.5) is 17.6 Å². The first-order valence-corrected chi connectivity index (χ1v) is 6.76. The van der Waals surface area contributed by atoms with E-state index in [0.717, 1.165) is 36.4 Å². The molecule has 23 heavy (non-hydrogen) atoms. The van der Waals surface area contributed by atoms with Crippen molar-refractivity contribution in [2.75, 3.05) is 0 Å². The lowest BCUT2D eigenvalue weighted by atomic mass is 10.0. The van der Waals surface area contributed by atoms with Crippen molar-refractivity contribution >= 4 is 11.6 Å². The molecule has 0 saturated carbocycles. The van der Waals surface area contributed by atoms with Crippen LogP contribution < -0.4 is 0 Å². The van der Waals surface area contributed by atoms with Crippen LogP contribution in [-0.4, -0.2) is 11.6 Å². The maximum absolute atomic E-state index is 12.8. The van der Waals surface area contributed by atoms with Crippen molar-refractivity contribution in [2.45, 2.75) is 19.0 Å². The molecule has 2 aromatic carbocycles. The van der Waals surface area contributed by atoms with Crippen molar-refractivity contribution in [3.05, 3.63) is 71.0 Å². The molecule has 2 aromatic rings. The molecule has 2 rings (SSSR count). The van der Waals surface area contributed by atoms with E-state index in [0.29, 0.717) is 0 Å². The normalized spacial score (nSPS) is 11.3. The minimum absolute atomic E-state index is 0.0918. The summed E-state index contributed by atoms with van der Waals surface area (Å²) in [5, 5.41) is 0. The van der Waals surface area contributed by atoms with E-state index < -0.39 is 23.3 Å². The van der Waals surface area contributed by atoms with Crippen molar-refractivity contribution in [1.82, 2.24) is 0 Å². The van der Waals surface area contributed by atoms with Crippen LogP contribution in [0.3, 0.4) is 0 Å². The van der Waals surface area contributed by atoms with Crippen LogP contribution in [0.1, 0.15) is 39.1 Å². The van der Waals surface area contributed by atoms with E-state index in [1.54, 1.807) is 0 Å². The molecule has 6 heteroatoms. The zero-order chi connectivity index (χ0) is 17.0. The van der Waals surface area contributed by atoms with Crippen LogP contribution in [0.15, 0.2) is 48.5 Å². The van der Waals surface area contributed by atoms with E-state index in [1.165, 1.54) is 12.1 Å². The fraction of sp³-hybridized carbons (Fsp3) is 0.176. The summed E-state index contributed by atoms with van der Waals surface area (Å²) in [6.07, 6.45) is -4.67. The Hall–Kier alpha value is -2.50. The number of hydrogen-bond donors (Lipinski definition) is 0. The van der Waals surface area contributed by atoms with E-state index >= 15 is 0 Å². The fourth-order valence-electron chi connectivity index (χ4n) is 2.00. The van der Waals surface area contributed by atoms with Gasteiger partial charge >= 0.3 is 6.18 Å². The van der Waals surface area contributed by atoms with Crippen molar-refractivity contribution in [3.63, 3.8) is 0 Å². The van der Waals surface area contributed by atoms with Gasteiger partial charge in [-0.05, 0) is 36.4 Å². The van der Waals surface area contributed by atoms with Gasteiger partial charge in [0, 0.05) is 24.0 Å². The molecule has 0 unspecified atom stereocenters. The Morgan fingerprint density at radius 1 is 0.739 bits per heavy atom. The zero-order valence-corrected chi connectivity index (χ0v) is 11.9. The number of hydrogen-bond acceptors (Lipinski definition) is 2. The molecule has 0 aromatic heterocycles. The van der Waals surface area contributed by atoms with E-state index in [1.807, 2.05) is 0 Å². The van der Waals surface area contributed by atoms with Crippen LogP contribution >= 0.6 is 0 Å². The Morgan fingerprint density at radius 2 is 1.13 bits per heavy atom. The molecule has 2 nitrogen and oxygen atoms in total. The maximum Gasteiger partial charge on any atom is 0.416 e. The molecule has 0 aliphatic heterocycles. The van der Waals surface area contributed by atoms with Crippen LogP contribution in [0.5, 0.6) is 0 Å². The Bertz CT molecular complexity index is 701. The summed E-state index contributed by atoms with van der Waals surface area (Å²) in [5.74, 6) is -1.22. The van der Waals surface area contributed by atoms with Gasteiger partial charge in [-0.1, -0.05) is 12.1 Å². The molecule has 0 heterocycles. The van der Waals surface area contributed by atoms with Crippen molar-refractivity contribution in [1.29, 1.82) is 0 Å². The van der Waals surface area contributed by atoms with Gasteiger partial charge in [0.2, 0.25) is 0 Å². The SMILES string of the molecule is O=C(CCC(=O)c1ccc(C(F)(F)F)cc1)c1ccc(F)cc1. The largest absolute Gasteiger partial charge is 0.416 e. The van der Waals surface area contributed by atoms with Gasteiger partial charge in [-0.2, -0.15) is 13.2 Å². The molecule has 0 saturated heterocycles. The van der Waals surface area contributed by atoms with E-state index in [9.17, 15) is 27.2 Å². The second-order valence-electron chi connectivity index (χ2n) is 4.93. The summed E-state index contributed by atoms with van der Waals surface area (Å²) < 4.78 is 50.1. The van der Waals surface area contributed by atoms with Gasteiger partial charge in [0.1, 0.15) is 5.82 Å². The Morgan fingerprint density at radius 3 is 1.52 bits per heavy atom. The molecule has 0 amide bonds. The lowest BCUT2D eigenvalue weighted by Crippen LogP contribution is -2.07. The van der Waals surface area contributed by atoms with Gasteiger partial charge in [0.15, 0.2) is 11.6 Å². The maximum atomic E-state index is 12.8. The number of carbonyl (C=O) groups excluding carboxylic acids is 2. The second-order valence-corrected chi connectivity index (χ2v) is 4.93. The van der Waals surface area contributed by atoms with Gasteiger partial charge < -0.3 is 0 Å². The lowest BCUT2D eigenvalue weighted by molar-refractivity contribution is -0.137. The van der Waals surface area contributed by atoms with Gasteiger partial charge in [-0.3, -0.25) is 9.59 Å². The highest BCUT2D eigenvalue weighted by molar-refractivity contribution is 6.02. The Labute approximate surface area is 129 Å². The number of alkyl halides is 3. The molecule has 0 fully saturated rings. The first-order valence-electron chi connectivity index (χ1n) is 6.76. The first kappa shape index (κ1) is 16.9. The van der Waals surface area contributed by atoms with Crippen molar-refractivity contribution in [3.8, 4) is 0 Å². The topological polar surface area (TPSA) is 34.1 Å². The van der Waals surface area contributed by atoms with Crippen molar-refractivity contribution < 1.29 is 27.2 Å². The highest BCUT2D eigenvalue weighted by Gasteiger charge is 2.30. The number of carbonyl (C=O) groups is 2. The molecule has 0 aliphatic carbocycles. The molecular formula is C17H12F4O2. The standard InChI is InChI=1S/C17H12F4O2/c18-14-7-3-12(4-8-14)16(23)10-9-15(22)11-1-5-13(6-2-11)17(19,20)21/h1-8H,9-10H2. The van der Waals surface area contributed by atoms with E-state index in [4.69, 9.17) is 0 Å². The summed E-state index contributed by atoms with van der Waals surface area (Å²) in [6, 6.07) is 8.77. The molecule has 0 spiro atoms. The summed E-state index contributed by atoms with van der Waals surface area (Å²) in [5.41, 5.74) is -0.437. The first-order chi connectivity index (χ1) is 10.8. The number of Topliss-reactive ketones (excluding diaryl/α,β-unsaturated/α-hetero) is 2. The average molecular weight is 324 g/mol. The molecule has 0 N–H and O–H groups in total. The Balaban J connectivity index is 1.97. The highest BCUT2D eigenvalue weighted by Crippen LogP contribution is 2.29. The molecular weight excluding hydrogens is 312 g/mol. The van der Waals surface area contributed by atoms with Gasteiger partial charge in [-0.25, -0.2) is 4.39 Å². The van der Waals surface area contributed by atoms with Crippen LogP contribution in [-0.2, 0) is 6.18 Å². The van der Waals surface area contributed by atoms with Crippen LogP contribution in [0.2, 0.25) is 0 Å². The third kappa shape index (κ3) is 4.48. The van der Waals surface area contributed by atoms with Crippen molar-refractivity contribution in [2.24, 2.45) is 0 Å². The van der Waals surface area contributed by atoms with Gasteiger partial charge in [0.05, 0.1) is 5.56 Å². The molecule has 0 aliphatic rings. The number of halogens is 4. The summed E-state index contributed by atoms with van der Waals surface area (Å²) in [7, 11) is 0. The van der Waals surface area contributed by atoms with E-state index in [-0.39, 0.29) is 29.8 Å². The highest BCUT2D eigenvalue weighted by atomic mass is 19.4. The summed E-state index contributed by atoms with van der Waals surface area (Å²) in [6.45, 7) is 0. The monoisotopic (exact) mass is 324 g/mol. The van der Waals surface area contributed by atoms with Crippen LogP contribution in [0, 0.1) is 5.82 Å². The number of rotatable bonds is 5. The van der Waals surface area contributed by atoms with Gasteiger partial charge in [0.25, 0.3) is 0 Å². The lowest BCUT2D eigenvalue weighted by Gasteiger charge is -2.07. The minimum atomic E-state index is -4.46. The number of benzene rings is 2. The Kier molecular flexibility index (Phi) is 4.93. The predicted octanol–water partition coefficient (Wildman–Crippen LogP) is 4.69. The third-order valence-corrected chi connectivity index (χ3v) is 3.28. The molecule has 0 bridgehead atoms. The fourth-order valence-corrected chi connectivity index (χ4v) is 2.00. The quantitative estimate of drug-likeness (QED) is 0.590. The predicted molar refractivity (Wildman–Crippen MR) is 75.7 cm³/mol. The zero-order valence-electron chi connectivity index (χ0n) is 11.9. The average Bonchev–Trinajstić information content (AvgIpc) is 2.52. The second kappa shape index (κ2) is 6.73. The summed E-state index contributed by atoms with van der Waals surface area (Å²) in [4.78, 5) is 23.8. The van der Waals surface area contributed by atoms with Crippen LogP contribution in [0.25, 0.3) is 0 Å².